The van der Waals surface area contributed by atoms with Gasteiger partial charge in [0.25, 0.3) is 5.92 Å². The molecule has 1 N–H and O–H groups in total. The number of likely N-dealkylation sites (tertiary alicyclic amines) is 1. The number of halogens is 4. The van der Waals surface area contributed by atoms with E-state index >= 15 is 0 Å². The summed E-state index contributed by atoms with van der Waals surface area (Å²) in [7, 11) is -4.03. The minimum atomic E-state index is -4.03. The maximum Gasteiger partial charge on any atom is 0.410 e. The summed E-state index contributed by atoms with van der Waals surface area (Å²) < 4.78 is 75.0. The van der Waals surface area contributed by atoms with Gasteiger partial charge in [0.05, 0.1) is 23.4 Å². The molecule has 0 spiro atoms. The number of hydrogen-bond acceptors (Lipinski definition) is 4. The average molecular weight is 457 g/mol. The lowest BCUT2D eigenvalue weighted by atomic mass is 9.99. The Hall–Kier alpha value is -1.52. The van der Waals surface area contributed by atoms with Gasteiger partial charge in [-0.15, -0.1) is 0 Å². The molecule has 0 aliphatic carbocycles. The van der Waals surface area contributed by atoms with Crippen LogP contribution in [0.5, 0.6) is 0 Å². The first-order valence-electron chi connectivity index (χ1n) is 8.97. The third-order valence-corrected chi connectivity index (χ3v) is 6.06. The fourth-order valence-electron chi connectivity index (χ4n) is 3.03. The van der Waals surface area contributed by atoms with E-state index in [2.05, 4.69) is 0 Å². The molecule has 0 unspecified atom stereocenters. The Labute approximate surface area is 173 Å². The SMILES string of the molecule is CCS(=O)(=O)N[C@@H]1[C@H](Cc2cccc(Cl)c2F)N(C(=O)OC(C)(C)C)CC1(F)F. The molecule has 1 fully saturated rings. The number of alkyl halides is 2. The summed E-state index contributed by atoms with van der Waals surface area (Å²) in [5.74, 6) is -4.83. The minimum Gasteiger partial charge on any atom is -0.444 e. The molecular formula is C18H24ClF3N2O4S. The van der Waals surface area contributed by atoms with E-state index in [1.54, 1.807) is 20.8 Å². The van der Waals surface area contributed by atoms with Gasteiger partial charge >= 0.3 is 6.09 Å². The fourth-order valence-corrected chi connectivity index (χ4v) is 4.10. The molecule has 164 valence electrons. The lowest BCUT2D eigenvalue weighted by Gasteiger charge is -2.30. The van der Waals surface area contributed by atoms with Crippen molar-refractivity contribution in [2.24, 2.45) is 0 Å². The summed E-state index contributed by atoms with van der Waals surface area (Å²) >= 11 is 5.77. The zero-order valence-corrected chi connectivity index (χ0v) is 18.1. The lowest BCUT2D eigenvalue weighted by molar-refractivity contribution is -0.0122. The van der Waals surface area contributed by atoms with Crippen molar-refractivity contribution in [3.63, 3.8) is 0 Å². The maximum atomic E-state index is 14.8. The van der Waals surface area contributed by atoms with E-state index in [0.29, 0.717) is 0 Å². The number of hydrogen-bond donors (Lipinski definition) is 1. The van der Waals surface area contributed by atoms with Crippen molar-refractivity contribution in [2.45, 2.75) is 57.7 Å². The summed E-state index contributed by atoms with van der Waals surface area (Å²) in [6.45, 7) is 4.95. The number of benzene rings is 1. The monoisotopic (exact) mass is 456 g/mol. The molecule has 0 saturated carbocycles. The van der Waals surface area contributed by atoms with Crippen LogP contribution in [0.2, 0.25) is 5.02 Å². The number of carbonyl (C=O) groups is 1. The predicted octanol–water partition coefficient (Wildman–Crippen LogP) is 3.58. The lowest BCUT2D eigenvalue weighted by Crippen LogP contribution is -2.53. The van der Waals surface area contributed by atoms with Gasteiger partial charge in [-0.25, -0.2) is 31.1 Å². The Bertz CT molecular complexity index is 874. The van der Waals surface area contributed by atoms with E-state index in [9.17, 15) is 26.4 Å². The van der Waals surface area contributed by atoms with Gasteiger partial charge in [-0.1, -0.05) is 23.7 Å². The molecule has 0 bridgehead atoms. The molecule has 2 atom stereocenters. The summed E-state index contributed by atoms with van der Waals surface area (Å²) in [5.41, 5.74) is -0.978. The molecule has 2 rings (SSSR count). The molecule has 1 heterocycles. The van der Waals surface area contributed by atoms with Gasteiger partial charge in [0, 0.05) is 0 Å². The van der Waals surface area contributed by atoms with E-state index in [-0.39, 0.29) is 17.0 Å². The van der Waals surface area contributed by atoms with Crippen molar-refractivity contribution in [1.29, 1.82) is 0 Å². The number of sulfonamides is 1. The zero-order chi connectivity index (χ0) is 22.2. The predicted molar refractivity (Wildman–Crippen MR) is 103 cm³/mol. The van der Waals surface area contributed by atoms with Crippen LogP contribution in [0.15, 0.2) is 18.2 Å². The highest BCUT2D eigenvalue weighted by Gasteiger charge is 2.57. The van der Waals surface area contributed by atoms with E-state index in [1.807, 2.05) is 4.72 Å². The van der Waals surface area contributed by atoms with Gasteiger partial charge in [0.2, 0.25) is 10.0 Å². The van der Waals surface area contributed by atoms with Crippen molar-refractivity contribution in [2.75, 3.05) is 12.3 Å². The second kappa shape index (κ2) is 8.31. The van der Waals surface area contributed by atoms with E-state index < -0.39 is 57.8 Å². The second-order valence-electron chi connectivity index (χ2n) is 7.85. The van der Waals surface area contributed by atoms with Gasteiger partial charge in [-0.05, 0) is 45.7 Å². The van der Waals surface area contributed by atoms with Gasteiger partial charge in [0.1, 0.15) is 17.5 Å². The van der Waals surface area contributed by atoms with Crippen LogP contribution in [0.3, 0.4) is 0 Å². The molecule has 1 saturated heterocycles. The minimum absolute atomic E-state index is 0.0190. The normalized spacial score (nSPS) is 22.0. The number of nitrogens with one attached hydrogen (secondary N) is 1. The van der Waals surface area contributed by atoms with Crippen LogP contribution in [0, 0.1) is 5.82 Å². The van der Waals surface area contributed by atoms with Gasteiger partial charge in [0.15, 0.2) is 0 Å². The molecule has 0 aromatic heterocycles. The van der Waals surface area contributed by atoms with Crippen molar-refractivity contribution < 1.29 is 31.1 Å². The first-order valence-corrected chi connectivity index (χ1v) is 11.0. The number of nitrogens with zero attached hydrogens (tertiary/aromatic N) is 1. The third-order valence-electron chi connectivity index (χ3n) is 4.40. The van der Waals surface area contributed by atoms with Crippen LogP contribution in [0.1, 0.15) is 33.3 Å². The standard InChI is InChI=1S/C18H24ClF3N2O4S/c1-5-29(26,27)23-15-13(9-11-7-6-8-12(19)14(11)20)24(10-18(15,21)22)16(25)28-17(2,3)4/h6-8,13,15,23H,5,9-10H2,1-4H3/t13-,15+/m0/s1. The highest BCUT2D eigenvalue weighted by Crippen LogP contribution is 2.36. The van der Waals surface area contributed by atoms with Crippen LogP contribution in [0.4, 0.5) is 18.0 Å². The molecule has 1 aliphatic rings. The van der Waals surface area contributed by atoms with Crippen molar-refractivity contribution in [3.8, 4) is 0 Å². The summed E-state index contributed by atoms with van der Waals surface area (Å²) in [4.78, 5) is 13.3. The maximum absolute atomic E-state index is 14.8. The molecule has 1 aromatic carbocycles. The first kappa shape index (κ1) is 23.8. The highest BCUT2D eigenvalue weighted by atomic mass is 35.5. The van der Waals surface area contributed by atoms with Crippen molar-refractivity contribution >= 4 is 27.7 Å². The first-order chi connectivity index (χ1) is 13.2. The Morgan fingerprint density at radius 3 is 2.55 bits per heavy atom. The van der Waals surface area contributed by atoms with Crippen LogP contribution in [-0.4, -0.2) is 55.3 Å². The van der Waals surface area contributed by atoms with E-state index in [1.165, 1.54) is 25.1 Å². The summed E-state index contributed by atoms with van der Waals surface area (Å²) in [5, 5.41) is -0.207. The molecule has 1 aromatic rings. The molecule has 11 heteroatoms. The van der Waals surface area contributed by atoms with Crippen LogP contribution in [0.25, 0.3) is 0 Å². The third kappa shape index (κ3) is 5.76. The highest BCUT2D eigenvalue weighted by molar-refractivity contribution is 7.89. The summed E-state index contributed by atoms with van der Waals surface area (Å²) in [6.07, 6.45) is -1.42. The molecule has 1 amide bonds. The smallest absolute Gasteiger partial charge is 0.410 e. The molecular weight excluding hydrogens is 433 g/mol. The molecule has 0 radical (unpaired) electrons. The topological polar surface area (TPSA) is 75.7 Å². The van der Waals surface area contributed by atoms with Crippen LogP contribution < -0.4 is 4.72 Å². The molecule has 1 aliphatic heterocycles. The quantitative estimate of drug-likeness (QED) is 0.734. The summed E-state index contributed by atoms with van der Waals surface area (Å²) in [6, 6.07) is 0.757. The van der Waals surface area contributed by atoms with E-state index in [4.69, 9.17) is 16.3 Å². The van der Waals surface area contributed by atoms with Crippen LogP contribution in [-0.2, 0) is 21.2 Å². The largest absolute Gasteiger partial charge is 0.444 e. The number of carbonyl (C=O) groups excluding carboxylic acids is 1. The number of amides is 1. The molecule has 29 heavy (non-hydrogen) atoms. The Balaban J connectivity index is 2.47. The van der Waals surface area contributed by atoms with Crippen molar-refractivity contribution in [3.05, 3.63) is 34.6 Å². The Kier molecular flexibility index (Phi) is 6.81. The number of rotatable bonds is 5. The van der Waals surface area contributed by atoms with Gasteiger partial charge in [-0.3, -0.25) is 4.90 Å². The van der Waals surface area contributed by atoms with Crippen LogP contribution >= 0.6 is 11.6 Å². The Morgan fingerprint density at radius 2 is 2.00 bits per heavy atom. The second-order valence-corrected chi connectivity index (χ2v) is 10.3. The van der Waals surface area contributed by atoms with Gasteiger partial charge in [-0.2, -0.15) is 0 Å². The Morgan fingerprint density at radius 1 is 1.38 bits per heavy atom. The average Bonchev–Trinajstić information content (AvgIpc) is 2.81. The van der Waals surface area contributed by atoms with Crippen molar-refractivity contribution in [1.82, 2.24) is 9.62 Å². The van der Waals surface area contributed by atoms with E-state index in [0.717, 1.165) is 4.90 Å². The molecule has 6 nitrogen and oxygen atoms in total. The van der Waals surface area contributed by atoms with Gasteiger partial charge < -0.3 is 4.74 Å². The fraction of sp³-hybridized carbons (Fsp3) is 0.611. The zero-order valence-electron chi connectivity index (χ0n) is 16.5. The number of ether oxygens (including phenoxy) is 1.